The number of thioether (sulfide) groups is 1. The fraction of sp³-hybridized carbons (Fsp3) is 0.429. The fourth-order valence-electron chi connectivity index (χ4n) is 3.96. The number of carbonyl (C=O) groups excluding carboxylic acids is 2. The van der Waals surface area contributed by atoms with Crippen molar-refractivity contribution in [3.63, 3.8) is 0 Å². The molecule has 8 nitrogen and oxygen atoms in total. The van der Waals surface area contributed by atoms with Crippen LogP contribution in [0.1, 0.15) is 48.3 Å². The zero-order chi connectivity index (χ0) is 22.9. The van der Waals surface area contributed by atoms with E-state index >= 15 is 0 Å². The third-order valence-electron chi connectivity index (χ3n) is 5.46. The van der Waals surface area contributed by atoms with E-state index in [2.05, 4.69) is 5.32 Å². The molecule has 0 saturated carbocycles. The molecule has 1 N–H and O–H groups in total. The minimum atomic E-state index is -4.13. The summed E-state index contributed by atoms with van der Waals surface area (Å²) in [6, 6.07) is 5.61. The van der Waals surface area contributed by atoms with Crippen molar-refractivity contribution in [2.24, 2.45) is 0 Å². The smallest absolute Gasteiger partial charge is 0.374 e. The largest absolute Gasteiger partial charge is 0.460 e. The Morgan fingerprint density at radius 2 is 2.09 bits per heavy atom. The molecule has 0 aliphatic carbocycles. The number of amides is 1. The van der Waals surface area contributed by atoms with Gasteiger partial charge in [-0.25, -0.2) is 17.6 Å². The average Bonchev–Trinajstić information content (AvgIpc) is 3.45. The standard InChI is InChI=1S/C21H23FN2O6S2/c1-2-29-21(26)17-6-8-19(30-17)32(27,28)24-10-3-4-16(24)20(25)23-15-9-11-31-18-7-5-13(22)12-14(15)18/h5-8,12,15-16H,2-4,9-11H2,1H3,(H,23,25). The molecular weight excluding hydrogens is 459 g/mol. The molecule has 1 fully saturated rings. The lowest BCUT2D eigenvalue weighted by Gasteiger charge is -2.29. The number of fused-ring (bicyclic) bond motifs is 1. The molecule has 1 aromatic heterocycles. The van der Waals surface area contributed by atoms with E-state index in [1.165, 1.54) is 24.3 Å². The Bertz CT molecular complexity index is 1130. The van der Waals surface area contributed by atoms with Gasteiger partial charge in [0.2, 0.25) is 16.8 Å². The molecule has 0 spiro atoms. The molecule has 2 aliphatic heterocycles. The molecule has 0 radical (unpaired) electrons. The molecule has 172 valence electrons. The molecule has 11 heteroatoms. The summed E-state index contributed by atoms with van der Waals surface area (Å²) in [5.74, 6) is -1.03. The van der Waals surface area contributed by atoms with Gasteiger partial charge in [-0.3, -0.25) is 4.79 Å². The van der Waals surface area contributed by atoms with Gasteiger partial charge in [-0.1, -0.05) is 0 Å². The number of ether oxygens (including phenoxy) is 1. The highest BCUT2D eigenvalue weighted by Gasteiger charge is 2.42. The highest BCUT2D eigenvalue weighted by atomic mass is 32.2. The normalized spacial score (nSPS) is 21.2. The molecule has 1 amide bonds. The van der Waals surface area contributed by atoms with Crippen LogP contribution in [0.3, 0.4) is 0 Å². The molecule has 1 aromatic carbocycles. The number of rotatable bonds is 6. The Morgan fingerprint density at radius 3 is 2.88 bits per heavy atom. The van der Waals surface area contributed by atoms with E-state index in [4.69, 9.17) is 9.15 Å². The lowest BCUT2D eigenvalue weighted by Crippen LogP contribution is -2.47. The Kier molecular flexibility index (Phi) is 6.59. The number of sulfonamides is 1. The van der Waals surface area contributed by atoms with Gasteiger partial charge in [-0.05, 0) is 62.1 Å². The van der Waals surface area contributed by atoms with Gasteiger partial charge in [-0.15, -0.1) is 11.8 Å². The van der Waals surface area contributed by atoms with Crippen molar-refractivity contribution in [2.75, 3.05) is 18.9 Å². The summed E-state index contributed by atoms with van der Waals surface area (Å²) >= 11 is 1.60. The number of benzene rings is 1. The first-order chi connectivity index (χ1) is 15.3. The van der Waals surface area contributed by atoms with Gasteiger partial charge in [0.1, 0.15) is 11.9 Å². The summed E-state index contributed by atoms with van der Waals surface area (Å²) in [7, 11) is -4.13. The van der Waals surface area contributed by atoms with Gasteiger partial charge >= 0.3 is 5.97 Å². The first-order valence-electron chi connectivity index (χ1n) is 10.3. The van der Waals surface area contributed by atoms with Gasteiger partial charge in [0.25, 0.3) is 10.0 Å². The first-order valence-corrected chi connectivity index (χ1v) is 12.7. The number of carbonyl (C=O) groups is 2. The molecule has 3 heterocycles. The molecule has 0 bridgehead atoms. The van der Waals surface area contributed by atoms with E-state index in [0.29, 0.717) is 24.8 Å². The van der Waals surface area contributed by atoms with Crippen LogP contribution in [0.5, 0.6) is 0 Å². The Hall–Kier alpha value is -2.37. The van der Waals surface area contributed by atoms with E-state index in [1.807, 2.05) is 0 Å². The van der Waals surface area contributed by atoms with Gasteiger partial charge in [-0.2, -0.15) is 4.31 Å². The monoisotopic (exact) mass is 482 g/mol. The van der Waals surface area contributed by atoms with Crippen molar-refractivity contribution < 1.29 is 31.6 Å². The van der Waals surface area contributed by atoms with E-state index in [-0.39, 0.29) is 24.7 Å². The predicted octanol–water partition coefficient (Wildman–Crippen LogP) is 3.10. The second-order valence-electron chi connectivity index (χ2n) is 7.49. The summed E-state index contributed by atoms with van der Waals surface area (Å²) in [5.41, 5.74) is 0.701. The molecule has 2 atom stereocenters. The van der Waals surface area contributed by atoms with E-state index in [1.54, 1.807) is 24.8 Å². The fourth-order valence-corrected chi connectivity index (χ4v) is 6.64. The lowest BCUT2D eigenvalue weighted by atomic mass is 10.0. The van der Waals surface area contributed by atoms with Gasteiger partial charge < -0.3 is 14.5 Å². The molecule has 1 saturated heterocycles. The third-order valence-corrected chi connectivity index (χ3v) is 8.36. The number of hydrogen-bond acceptors (Lipinski definition) is 7. The first kappa shape index (κ1) is 22.8. The topological polar surface area (TPSA) is 106 Å². The Balaban J connectivity index is 1.52. The molecule has 4 rings (SSSR count). The zero-order valence-electron chi connectivity index (χ0n) is 17.4. The SMILES string of the molecule is CCOC(=O)c1ccc(S(=O)(=O)N2CCCC2C(=O)NC2CCSc3ccc(F)cc32)o1. The number of furan rings is 1. The maximum Gasteiger partial charge on any atom is 0.374 e. The van der Waals surface area contributed by atoms with Crippen molar-refractivity contribution in [3.8, 4) is 0 Å². The van der Waals surface area contributed by atoms with Gasteiger partial charge in [0.15, 0.2) is 0 Å². The van der Waals surface area contributed by atoms with Crippen LogP contribution >= 0.6 is 11.8 Å². The van der Waals surface area contributed by atoms with Crippen molar-refractivity contribution in [1.82, 2.24) is 9.62 Å². The minimum Gasteiger partial charge on any atom is -0.460 e. The lowest BCUT2D eigenvalue weighted by molar-refractivity contribution is -0.125. The molecular formula is C21H23FN2O6S2. The number of nitrogens with one attached hydrogen (secondary N) is 1. The van der Waals surface area contributed by atoms with Crippen LogP contribution in [0.25, 0.3) is 0 Å². The maximum atomic E-state index is 13.8. The quantitative estimate of drug-likeness (QED) is 0.631. The zero-order valence-corrected chi connectivity index (χ0v) is 19.0. The summed E-state index contributed by atoms with van der Waals surface area (Å²) < 4.78 is 51.2. The average molecular weight is 483 g/mol. The van der Waals surface area contributed by atoms with Crippen LogP contribution in [0.2, 0.25) is 0 Å². The Labute approximate surface area is 189 Å². The Morgan fingerprint density at radius 1 is 1.28 bits per heavy atom. The van der Waals surface area contributed by atoms with Crippen molar-refractivity contribution >= 4 is 33.7 Å². The summed E-state index contributed by atoms with van der Waals surface area (Å²) in [5, 5.41) is 2.49. The summed E-state index contributed by atoms with van der Waals surface area (Å²) in [4.78, 5) is 25.8. The van der Waals surface area contributed by atoms with Crippen LogP contribution in [0.4, 0.5) is 4.39 Å². The molecule has 2 unspecified atom stereocenters. The number of halogens is 1. The highest BCUT2D eigenvalue weighted by molar-refractivity contribution is 7.99. The molecule has 2 aromatic rings. The summed E-state index contributed by atoms with van der Waals surface area (Å²) in [6.45, 7) is 1.91. The number of hydrogen-bond donors (Lipinski definition) is 1. The number of nitrogens with zero attached hydrogens (tertiary/aromatic N) is 1. The van der Waals surface area contributed by atoms with Gasteiger partial charge in [0, 0.05) is 17.2 Å². The van der Waals surface area contributed by atoms with Crippen LogP contribution in [-0.2, 0) is 19.6 Å². The van der Waals surface area contributed by atoms with E-state index in [0.717, 1.165) is 15.0 Å². The third kappa shape index (κ3) is 4.41. The van der Waals surface area contributed by atoms with E-state index < -0.39 is 39.1 Å². The molecule has 2 aliphatic rings. The van der Waals surface area contributed by atoms with Crippen LogP contribution < -0.4 is 5.32 Å². The minimum absolute atomic E-state index is 0.128. The van der Waals surface area contributed by atoms with Crippen LogP contribution in [-0.4, -0.2) is 49.5 Å². The highest BCUT2D eigenvalue weighted by Crippen LogP contribution is 2.37. The number of esters is 1. The molecule has 32 heavy (non-hydrogen) atoms. The van der Waals surface area contributed by atoms with Crippen LogP contribution in [0.15, 0.2) is 44.7 Å². The van der Waals surface area contributed by atoms with Crippen molar-refractivity contribution in [1.29, 1.82) is 0 Å². The van der Waals surface area contributed by atoms with Crippen LogP contribution in [0, 0.1) is 5.82 Å². The second-order valence-corrected chi connectivity index (χ2v) is 10.5. The van der Waals surface area contributed by atoms with Crippen molar-refractivity contribution in [2.45, 2.75) is 48.3 Å². The second kappa shape index (κ2) is 9.24. The maximum absolute atomic E-state index is 13.8. The summed E-state index contributed by atoms with van der Waals surface area (Å²) in [6.07, 6.45) is 1.48. The van der Waals surface area contributed by atoms with E-state index in [9.17, 15) is 22.4 Å². The van der Waals surface area contributed by atoms with Gasteiger partial charge in [0.05, 0.1) is 12.6 Å². The predicted molar refractivity (Wildman–Crippen MR) is 114 cm³/mol. The van der Waals surface area contributed by atoms with Crippen molar-refractivity contribution in [3.05, 3.63) is 47.5 Å².